The van der Waals surface area contributed by atoms with Crippen molar-refractivity contribution < 1.29 is 51.2 Å². The molecule has 31 heavy (non-hydrogen) atoms. The first-order valence-electron chi connectivity index (χ1n) is 8.31. The summed E-state index contributed by atoms with van der Waals surface area (Å²) < 4.78 is 53.2. The molecule has 17 nitrogen and oxygen atoms in total. The molecule has 3 rings (SSSR count). The molecule has 8 N–H and O–H groups in total. The van der Waals surface area contributed by atoms with Gasteiger partial charge in [0.05, 0.1) is 25.1 Å². The van der Waals surface area contributed by atoms with Crippen LogP contribution in [0.25, 0.3) is 11.2 Å². The van der Waals surface area contributed by atoms with Gasteiger partial charge >= 0.3 is 23.5 Å². The summed E-state index contributed by atoms with van der Waals surface area (Å²) in [7, 11) is -16.4. The SMILES string of the molecule is CC1C(COP(=O)(O)OP(=O)(O)OP(=O)(O)O)OC(n2cnc3c(N)ncnc32)C1N. The van der Waals surface area contributed by atoms with Crippen molar-refractivity contribution in [1.82, 2.24) is 19.5 Å². The van der Waals surface area contributed by atoms with Crippen LogP contribution in [0.4, 0.5) is 5.82 Å². The Kier molecular flexibility index (Phi) is 6.71. The molecule has 0 spiro atoms. The number of nitrogens with two attached hydrogens (primary N) is 2. The van der Waals surface area contributed by atoms with Crippen LogP contribution in [0.1, 0.15) is 13.2 Å². The third-order valence-corrected chi connectivity index (χ3v) is 8.12. The van der Waals surface area contributed by atoms with Gasteiger partial charge in [-0.1, -0.05) is 6.92 Å². The molecule has 1 fully saturated rings. The summed E-state index contributed by atoms with van der Waals surface area (Å²) in [6.07, 6.45) is 0.912. The predicted octanol–water partition coefficient (Wildman–Crippen LogP) is -0.387. The van der Waals surface area contributed by atoms with Gasteiger partial charge in [-0.2, -0.15) is 8.62 Å². The Morgan fingerprint density at radius 2 is 1.81 bits per heavy atom. The first-order valence-corrected chi connectivity index (χ1v) is 12.8. The second-order valence-corrected chi connectivity index (χ2v) is 10.9. The Bertz CT molecular complexity index is 1110. The Balaban J connectivity index is 1.69. The average Bonchev–Trinajstić information content (AvgIpc) is 3.13. The highest BCUT2D eigenvalue weighted by Gasteiger charge is 2.45. The number of phosphoric ester groups is 1. The van der Waals surface area contributed by atoms with E-state index in [1.165, 1.54) is 17.2 Å². The highest BCUT2D eigenvalue weighted by atomic mass is 31.3. The number of nitrogen functional groups attached to an aromatic ring is 1. The number of hydrogen-bond donors (Lipinski definition) is 6. The third kappa shape index (κ3) is 5.73. The summed E-state index contributed by atoms with van der Waals surface area (Å²) in [5.74, 6) is -0.304. The first-order chi connectivity index (χ1) is 14.2. The lowest BCUT2D eigenvalue weighted by atomic mass is 9.99. The quantitative estimate of drug-likeness (QED) is 0.250. The molecule has 2 aromatic heterocycles. The highest BCUT2D eigenvalue weighted by Crippen LogP contribution is 2.66. The first kappa shape index (κ1) is 24.3. The maximum atomic E-state index is 11.9. The van der Waals surface area contributed by atoms with E-state index in [4.69, 9.17) is 26.0 Å². The minimum atomic E-state index is -5.61. The molecule has 1 saturated heterocycles. The van der Waals surface area contributed by atoms with Crippen LogP contribution in [0, 0.1) is 5.92 Å². The lowest BCUT2D eigenvalue weighted by molar-refractivity contribution is -0.0293. The fraction of sp³-hybridized carbons (Fsp3) is 0.545. The van der Waals surface area contributed by atoms with Gasteiger partial charge in [0.25, 0.3) is 0 Å². The molecule has 3 heterocycles. The Morgan fingerprint density at radius 1 is 1.13 bits per heavy atom. The Hall–Kier alpha value is -1.32. The number of hydrogen-bond acceptors (Lipinski definition) is 12. The summed E-state index contributed by atoms with van der Waals surface area (Å²) in [4.78, 5) is 47.9. The fourth-order valence-electron chi connectivity index (χ4n) is 2.87. The van der Waals surface area contributed by atoms with Gasteiger partial charge < -0.3 is 35.8 Å². The van der Waals surface area contributed by atoms with Crippen LogP contribution in [0.3, 0.4) is 0 Å². The second-order valence-electron chi connectivity index (χ2n) is 6.47. The lowest BCUT2D eigenvalue weighted by Crippen LogP contribution is -2.34. The van der Waals surface area contributed by atoms with Gasteiger partial charge in [0.15, 0.2) is 17.7 Å². The van der Waals surface area contributed by atoms with E-state index in [0.29, 0.717) is 11.2 Å². The van der Waals surface area contributed by atoms with E-state index in [-0.39, 0.29) is 5.82 Å². The van der Waals surface area contributed by atoms with Gasteiger partial charge in [-0.25, -0.2) is 28.6 Å². The number of phosphoric acid groups is 3. The summed E-state index contributed by atoms with van der Waals surface area (Å²) >= 11 is 0. The summed E-state index contributed by atoms with van der Waals surface area (Å²) in [5.41, 5.74) is 12.6. The topological polar surface area (TPSA) is 265 Å². The monoisotopic (exact) mass is 504 g/mol. The minimum Gasteiger partial charge on any atom is -0.382 e. The molecule has 20 heteroatoms. The minimum absolute atomic E-state index is 0.146. The molecular formula is C11H19N6O11P3. The van der Waals surface area contributed by atoms with Crippen molar-refractivity contribution in [2.24, 2.45) is 11.7 Å². The van der Waals surface area contributed by atoms with Gasteiger partial charge in [0.1, 0.15) is 11.8 Å². The lowest BCUT2D eigenvalue weighted by Gasteiger charge is -2.19. The number of fused-ring (bicyclic) bond motifs is 1. The highest BCUT2D eigenvalue weighted by molar-refractivity contribution is 7.66. The molecule has 6 unspecified atom stereocenters. The number of imidazole rings is 1. The van der Waals surface area contributed by atoms with Gasteiger partial charge in [0, 0.05) is 5.92 Å². The van der Waals surface area contributed by atoms with Crippen molar-refractivity contribution in [3.63, 3.8) is 0 Å². The van der Waals surface area contributed by atoms with Gasteiger partial charge in [-0.15, -0.1) is 0 Å². The van der Waals surface area contributed by atoms with E-state index in [1.807, 2.05) is 0 Å². The van der Waals surface area contributed by atoms with Crippen LogP contribution in [0.2, 0.25) is 0 Å². The molecule has 0 aliphatic carbocycles. The van der Waals surface area contributed by atoms with Crippen molar-refractivity contribution in [3.05, 3.63) is 12.7 Å². The second kappa shape index (κ2) is 8.56. The molecule has 0 radical (unpaired) electrons. The van der Waals surface area contributed by atoms with Gasteiger partial charge in [0.2, 0.25) is 0 Å². The van der Waals surface area contributed by atoms with E-state index in [1.54, 1.807) is 6.92 Å². The Morgan fingerprint density at radius 3 is 2.45 bits per heavy atom. The summed E-state index contributed by atoms with van der Waals surface area (Å²) in [6, 6.07) is -0.650. The summed E-state index contributed by atoms with van der Waals surface area (Å²) in [5, 5.41) is 0. The van der Waals surface area contributed by atoms with Crippen molar-refractivity contribution in [2.45, 2.75) is 25.3 Å². The van der Waals surface area contributed by atoms with Crippen LogP contribution < -0.4 is 11.5 Å². The number of aromatic nitrogens is 4. The van der Waals surface area contributed by atoms with E-state index in [2.05, 4.69) is 28.1 Å². The molecule has 0 saturated carbocycles. The normalized spacial score (nSPS) is 28.5. The van der Waals surface area contributed by atoms with Crippen molar-refractivity contribution in [3.8, 4) is 0 Å². The molecule has 1 aliphatic rings. The summed E-state index contributed by atoms with van der Waals surface area (Å²) in [6.45, 7) is 1.04. The van der Waals surface area contributed by atoms with Crippen molar-refractivity contribution in [1.29, 1.82) is 0 Å². The molecule has 0 bridgehead atoms. The van der Waals surface area contributed by atoms with Gasteiger partial charge in [-0.05, 0) is 0 Å². The zero-order valence-electron chi connectivity index (χ0n) is 15.6. The smallest absolute Gasteiger partial charge is 0.382 e. The van der Waals surface area contributed by atoms with Crippen LogP contribution in [-0.4, -0.2) is 57.8 Å². The van der Waals surface area contributed by atoms with E-state index >= 15 is 0 Å². The largest absolute Gasteiger partial charge is 0.490 e. The van der Waals surface area contributed by atoms with Crippen molar-refractivity contribution >= 4 is 40.4 Å². The molecule has 2 aromatic rings. The average molecular weight is 504 g/mol. The van der Waals surface area contributed by atoms with Gasteiger partial charge in [-0.3, -0.25) is 9.09 Å². The fourth-order valence-corrected chi connectivity index (χ4v) is 5.90. The number of rotatable bonds is 8. The zero-order valence-corrected chi connectivity index (χ0v) is 18.3. The van der Waals surface area contributed by atoms with Crippen LogP contribution in [-0.2, 0) is 31.6 Å². The predicted molar refractivity (Wildman–Crippen MR) is 101 cm³/mol. The van der Waals surface area contributed by atoms with Crippen molar-refractivity contribution in [2.75, 3.05) is 12.3 Å². The molecular weight excluding hydrogens is 485 g/mol. The maximum absolute atomic E-state index is 11.9. The molecule has 174 valence electrons. The molecule has 0 aromatic carbocycles. The molecule has 0 amide bonds. The van der Waals surface area contributed by atoms with E-state index in [9.17, 15) is 23.5 Å². The maximum Gasteiger partial charge on any atom is 0.490 e. The standard InChI is InChI=1S/C11H19N6O11P3/c1-5-6(2-25-30(21,22)28-31(23,24)27-29(18,19)20)26-11(7(5)12)17-4-16-8-9(13)14-3-15-10(8)17/h3-7,11H,2,12H2,1H3,(H,21,22)(H,23,24)(H2,13,14,15)(H2,18,19,20). The molecule has 1 aliphatic heterocycles. The van der Waals surface area contributed by atoms with E-state index < -0.39 is 54.4 Å². The van der Waals surface area contributed by atoms with Crippen LogP contribution in [0.5, 0.6) is 0 Å². The number of ether oxygens (including phenoxy) is 1. The number of anilines is 1. The third-order valence-electron chi connectivity index (χ3n) is 4.32. The van der Waals surface area contributed by atoms with Crippen LogP contribution >= 0.6 is 23.5 Å². The number of nitrogens with zero attached hydrogens (tertiary/aromatic N) is 4. The molecule has 6 atom stereocenters. The Labute approximate surface area is 173 Å². The van der Waals surface area contributed by atoms with E-state index in [0.717, 1.165) is 0 Å². The zero-order chi connectivity index (χ0) is 23.2. The van der Waals surface area contributed by atoms with Crippen LogP contribution in [0.15, 0.2) is 12.7 Å².